The number of rotatable bonds is 6. The molecule has 96 valence electrons. The summed E-state index contributed by atoms with van der Waals surface area (Å²) in [6.07, 6.45) is 2.53. The summed E-state index contributed by atoms with van der Waals surface area (Å²) in [5.74, 6) is 1.39. The van der Waals surface area contributed by atoms with Gasteiger partial charge in [0, 0.05) is 11.7 Å². The van der Waals surface area contributed by atoms with Crippen molar-refractivity contribution >= 4 is 5.69 Å². The molecule has 0 amide bonds. The lowest BCUT2D eigenvalue weighted by atomic mass is 10.0. The first kappa shape index (κ1) is 14.1. The molecule has 0 spiro atoms. The fraction of sp³-hybridized carbons (Fsp3) is 0.625. The van der Waals surface area contributed by atoms with E-state index in [4.69, 9.17) is 0 Å². The average molecular weight is 233 g/mol. The molecule has 1 unspecified atom stereocenters. The van der Waals surface area contributed by atoms with E-state index in [0.29, 0.717) is 12.0 Å². The van der Waals surface area contributed by atoms with E-state index in [1.807, 2.05) is 0 Å². The second kappa shape index (κ2) is 6.68. The summed E-state index contributed by atoms with van der Waals surface area (Å²) < 4.78 is 0. The molecule has 1 aromatic carbocycles. The predicted octanol–water partition coefficient (Wildman–Crippen LogP) is 5.05. The molecule has 1 aromatic rings. The molecule has 1 atom stereocenters. The molecule has 0 aliphatic rings. The summed E-state index contributed by atoms with van der Waals surface area (Å²) in [7, 11) is 0. The Bertz CT molecular complexity index is 328. The summed E-state index contributed by atoms with van der Waals surface area (Å²) >= 11 is 0. The van der Waals surface area contributed by atoms with Crippen LogP contribution in [0.25, 0.3) is 0 Å². The van der Waals surface area contributed by atoms with E-state index in [1.165, 1.54) is 24.1 Å². The number of nitrogens with one attached hydrogen (secondary N) is 1. The molecular formula is C16H27N. The van der Waals surface area contributed by atoms with Crippen molar-refractivity contribution in [1.82, 2.24) is 0 Å². The van der Waals surface area contributed by atoms with Gasteiger partial charge in [-0.05, 0) is 49.3 Å². The quantitative estimate of drug-likeness (QED) is 0.725. The highest BCUT2D eigenvalue weighted by Crippen LogP contribution is 2.20. The van der Waals surface area contributed by atoms with E-state index in [0.717, 1.165) is 5.92 Å². The number of anilines is 1. The maximum absolute atomic E-state index is 3.59. The van der Waals surface area contributed by atoms with E-state index < -0.39 is 0 Å². The number of hydrogen-bond acceptors (Lipinski definition) is 1. The normalized spacial score (nSPS) is 13.1. The average Bonchev–Trinajstić information content (AvgIpc) is 2.26. The lowest BCUT2D eigenvalue weighted by molar-refractivity contribution is 0.527. The van der Waals surface area contributed by atoms with Gasteiger partial charge in [-0.2, -0.15) is 0 Å². The third-order valence-electron chi connectivity index (χ3n) is 3.14. The van der Waals surface area contributed by atoms with Crippen LogP contribution in [0.2, 0.25) is 0 Å². The van der Waals surface area contributed by atoms with Gasteiger partial charge in [0.25, 0.3) is 0 Å². The van der Waals surface area contributed by atoms with Crippen molar-refractivity contribution in [2.75, 3.05) is 5.32 Å². The molecular weight excluding hydrogens is 206 g/mol. The Morgan fingerprint density at radius 1 is 1.00 bits per heavy atom. The van der Waals surface area contributed by atoms with Crippen LogP contribution in [0.1, 0.15) is 58.9 Å². The van der Waals surface area contributed by atoms with Crippen LogP contribution in [0, 0.1) is 5.92 Å². The molecule has 0 aliphatic heterocycles. The third-order valence-corrected chi connectivity index (χ3v) is 3.14. The fourth-order valence-corrected chi connectivity index (χ4v) is 1.93. The van der Waals surface area contributed by atoms with E-state index >= 15 is 0 Å². The Morgan fingerprint density at radius 2 is 1.71 bits per heavy atom. The molecule has 0 aliphatic carbocycles. The van der Waals surface area contributed by atoms with Crippen molar-refractivity contribution in [3.8, 4) is 0 Å². The van der Waals surface area contributed by atoms with Crippen molar-refractivity contribution in [2.45, 2.75) is 59.4 Å². The minimum absolute atomic E-state index is 0.555. The third kappa shape index (κ3) is 5.25. The van der Waals surface area contributed by atoms with Crippen LogP contribution in [-0.2, 0) is 0 Å². The lowest BCUT2D eigenvalue weighted by Gasteiger charge is -2.17. The van der Waals surface area contributed by atoms with Crippen molar-refractivity contribution in [3.63, 3.8) is 0 Å². The van der Waals surface area contributed by atoms with Gasteiger partial charge in [-0.15, -0.1) is 0 Å². The van der Waals surface area contributed by atoms with Crippen molar-refractivity contribution < 1.29 is 0 Å². The molecule has 1 rings (SSSR count). The topological polar surface area (TPSA) is 12.0 Å². The highest BCUT2D eigenvalue weighted by molar-refractivity contribution is 5.47. The van der Waals surface area contributed by atoms with Gasteiger partial charge in [0.2, 0.25) is 0 Å². The zero-order chi connectivity index (χ0) is 12.8. The van der Waals surface area contributed by atoms with Crippen molar-refractivity contribution in [1.29, 1.82) is 0 Å². The van der Waals surface area contributed by atoms with Gasteiger partial charge in [0.05, 0.1) is 0 Å². The van der Waals surface area contributed by atoms with Crippen LogP contribution in [0.5, 0.6) is 0 Å². The zero-order valence-electron chi connectivity index (χ0n) is 12.0. The molecule has 0 saturated carbocycles. The Labute approximate surface area is 107 Å². The minimum atomic E-state index is 0.555. The zero-order valence-corrected chi connectivity index (χ0v) is 12.0. The van der Waals surface area contributed by atoms with Gasteiger partial charge in [-0.3, -0.25) is 0 Å². The largest absolute Gasteiger partial charge is 0.383 e. The lowest BCUT2D eigenvalue weighted by Crippen LogP contribution is -2.15. The van der Waals surface area contributed by atoms with Gasteiger partial charge >= 0.3 is 0 Å². The molecule has 0 aromatic heterocycles. The summed E-state index contributed by atoms with van der Waals surface area (Å²) in [5.41, 5.74) is 2.67. The highest BCUT2D eigenvalue weighted by atomic mass is 14.9. The van der Waals surface area contributed by atoms with E-state index in [1.54, 1.807) is 0 Å². The molecule has 0 bridgehead atoms. The first-order chi connectivity index (χ1) is 7.99. The monoisotopic (exact) mass is 233 g/mol. The molecule has 0 fully saturated rings. The molecule has 0 heterocycles. The Kier molecular flexibility index (Phi) is 5.54. The second-order valence-corrected chi connectivity index (χ2v) is 5.80. The van der Waals surface area contributed by atoms with E-state index in [2.05, 4.69) is 64.2 Å². The molecule has 1 nitrogen and oxygen atoms in total. The maximum Gasteiger partial charge on any atom is 0.0345 e. The van der Waals surface area contributed by atoms with E-state index in [-0.39, 0.29) is 0 Å². The van der Waals surface area contributed by atoms with Gasteiger partial charge in [-0.1, -0.05) is 39.8 Å². The van der Waals surface area contributed by atoms with Crippen molar-refractivity contribution in [3.05, 3.63) is 29.8 Å². The van der Waals surface area contributed by atoms with Gasteiger partial charge in [-0.25, -0.2) is 0 Å². The maximum atomic E-state index is 3.59. The summed E-state index contributed by atoms with van der Waals surface area (Å²) in [6.45, 7) is 11.3. The van der Waals surface area contributed by atoms with Crippen LogP contribution < -0.4 is 5.32 Å². The fourth-order valence-electron chi connectivity index (χ4n) is 1.93. The Balaban J connectivity index is 2.53. The van der Waals surface area contributed by atoms with E-state index in [9.17, 15) is 0 Å². The second-order valence-electron chi connectivity index (χ2n) is 5.80. The summed E-state index contributed by atoms with van der Waals surface area (Å²) in [5, 5.41) is 3.59. The standard InChI is InChI=1S/C16H27N/c1-12(2)9-10-14(5)17-16-8-6-7-15(11-16)13(3)4/h6-8,11-14,17H,9-10H2,1-5H3. The van der Waals surface area contributed by atoms with Crippen LogP contribution in [0.4, 0.5) is 5.69 Å². The highest BCUT2D eigenvalue weighted by Gasteiger charge is 2.05. The summed E-state index contributed by atoms with van der Waals surface area (Å²) in [4.78, 5) is 0. The minimum Gasteiger partial charge on any atom is -0.383 e. The Hall–Kier alpha value is -0.980. The first-order valence-corrected chi connectivity index (χ1v) is 6.85. The Morgan fingerprint density at radius 3 is 2.29 bits per heavy atom. The van der Waals surface area contributed by atoms with Gasteiger partial charge in [0.15, 0.2) is 0 Å². The van der Waals surface area contributed by atoms with Crippen LogP contribution in [0.3, 0.4) is 0 Å². The first-order valence-electron chi connectivity index (χ1n) is 6.85. The molecule has 1 N–H and O–H groups in total. The smallest absolute Gasteiger partial charge is 0.0345 e. The van der Waals surface area contributed by atoms with Crippen LogP contribution in [-0.4, -0.2) is 6.04 Å². The van der Waals surface area contributed by atoms with Gasteiger partial charge in [0.1, 0.15) is 0 Å². The molecule has 1 heteroatoms. The molecule has 0 saturated heterocycles. The predicted molar refractivity (Wildman–Crippen MR) is 77.7 cm³/mol. The van der Waals surface area contributed by atoms with Gasteiger partial charge < -0.3 is 5.32 Å². The number of hydrogen-bond donors (Lipinski definition) is 1. The SMILES string of the molecule is CC(C)CCC(C)Nc1cccc(C(C)C)c1. The van der Waals surface area contributed by atoms with Crippen molar-refractivity contribution in [2.24, 2.45) is 5.92 Å². The molecule has 0 radical (unpaired) electrons. The summed E-state index contributed by atoms with van der Waals surface area (Å²) in [6, 6.07) is 9.34. The number of benzene rings is 1. The van der Waals surface area contributed by atoms with Crippen LogP contribution in [0.15, 0.2) is 24.3 Å². The van der Waals surface area contributed by atoms with Crippen LogP contribution >= 0.6 is 0 Å². The molecule has 17 heavy (non-hydrogen) atoms.